The van der Waals surface area contributed by atoms with Crippen molar-refractivity contribution in [3.63, 3.8) is 0 Å². The molecule has 2 aromatic heterocycles. The molecule has 0 bridgehead atoms. The molecule has 0 saturated heterocycles. The van der Waals surface area contributed by atoms with Crippen molar-refractivity contribution in [2.24, 2.45) is 4.99 Å². The number of hydrogen-bond donors (Lipinski definition) is 0. The van der Waals surface area contributed by atoms with Crippen molar-refractivity contribution in [3.05, 3.63) is 54.1 Å². The van der Waals surface area contributed by atoms with E-state index >= 15 is 0 Å². The van der Waals surface area contributed by atoms with Crippen molar-refractivity contribution >= 4 is 34.3 Å². The number of carbonyl (C=O) groups is 2. The van der Waals surface area contributed by atoms with Gasteiger partial charge in [-0.3, -0.25) is 24.5 Å². The van der Waals surface area contributed by atoms with Gasteiger partial charge in [0, 0.05) is 32.3 Å². The molecule has 0 saturated carbocycles. The second kappa shape index (κ2) is 8.44. The van der Waals surface area contributed by atoms with Gasteiger partial charge >= 0.3 is 5.97 Å². The summed E-state index contributed by atoms with van der Waals surface area (Å²) in [6, 6.07) is 9.73. The number of fused-ring (bicyclic) bond motifs is 2. The van der Waals surface area contributed by atoms with Crippen molar-refractivity contribution in [1.82, 2.24) is 14.5 Å². The molecule has 4 rings (SSSR count). The highest BCUT2D eigenvalue weighted by molar-refractivity contribution is 6.54. The van der Waals surface area contributed by atoms with Gasteiger partial charge in [-0.15, -0.1) is 0 Å². The maximum Gasteiger partial charge on any atom is 0.302 e. The first-order chi connectivity index (χ1) is 14.6. The maximum atomic E-state index is 13.0. The van der Waals surface area contributed by atoms with E-state index in [1.54, 1.807) is 24.3 Å². The summed E-state index contributed by atoms with van der Waals surface area (Å²) in [6.45, 7) is 2.86. The zero-order chi connectivity index (χ0) is 21.1. The fourth-order valence-corrected chi connectivity index (χ4v) is 3.75. The van der Waals surface area contributed by atoms with E-state index in [0.29, 0.717) is 25.4 Å². The first kappa shape index (κ1) is 19.8. The highest BCUT2D eigenvalue weighted by Gasteiger charge is 2.34. The average molecular weight is 405 g/mol. The minimum atomic E-state index is -0.267. The number of unbranched alkanes of at least 4 members (excludes halogenated alkanes) is 1. The van der Waals surface area contributed by atoms with E-state index in [1.807, 2.05) is 30.3 Å². The molecule has 1 aliphatic rings. The smallest absolute Gasteiger partial charge is 0.302 e. The van der Waals surface area contributed by atoms with Crippen LogP contribution in [0.1, 0.15) is 31.2 Å². The molecular weight excluding hydrogens is 382 g/mol. The Labute approximate surface area is 174 Å². The number of imidazole rings is 1. The molecule has 1 amide bonds. The van der Waals surface area contributed by atoms with E-state index in [1.165, 1.54) is 6.92 Å². The Morgan fingerprint density at radius 2 is 2.03 bits per heavy atom. The Bertz CT molecular complexity index is 1130. The predicted molar refractivity (Wildman–Crippen MR) is 113 cm³/mol. The number of esters is 1. The van der Waals surface area contributed by atoms with E-state index in [0.717, 1.165) is 41.0 Å². The Morgan fingerprint density at radius 3 is 2.83 bits per heavy atom. The van der Waals surface area contributed by atoms with E-state index in [2.05, 4.69) is 14.5 Å². The van der Waals surface area contributed by atoms with Crippen LogP contribution in [0.5, 0.6) is 0 Å². The fraction of sp³-hybridized carbons (Fsp3) is 0.318. The van der Waals surface area contributed by atoms with Crippen LogP contribution >= 0.6 is 0 Å². The van der Waals surface area contributed by atoms with E-state index in [9.17, 15) is 9.59 Å². The molecule has 1 aromatic carbocycles. The summed E-state index contributed by atoms with van der Waals surface area (Å²) in [7, 11) is 1.62. The summed E-state index contributed by atoms with van der Waals surface area (Å²) >= 11 is 0. The lowest BCUT2D eigenvalue weighted by Gasteiger charge is -2.17. The maximum absolute atomic E-state index is 13.0. The lowest BCUT2D eigenvalue weighted by atomic mass is 10.2. The van der Waals surface area contributed by atoms with Crippen molar-refractivity contribution in [1.29, 1.82) is 0 Å². The number of ether oxygens (including phenoxy) is 1. The van der Waals surface area contributed by atoms with Gasteiger partial charge < -0.3 is 9.30 Å². The van der Waals surface area contributed by atoms with Crippen LogP contribution in [0, 0.1) is 0 Å². The first-order valence-corrected chi connectivity index (χ1v) is 9.90. The second-order valence-corrected chi connectivity index (χ2v) is 7.07. The van der Waals surface area contributed by atoms with Crippen LogP contribution in [0.25, 0.3) is 11.0 Å². The largest absolute Gasteiger partial charge is 0.466 e. The number of carbonyl (C=O) groups excluding carboxylic acids is 2. The summed E-state index contributed by atoms with van der Waals surface area (Å²) < 4.78 is 7.16. The van der Waals surface area contributed by atoms with Gasteiger partial charge in [-0.2, -0.15) is 0 Å². The van der Waals surface area contributed by atoms with Crippen molar-refractivity contribution in [2.45, 2.75) is 32.9 Å². The average Bonchev–Trinajstić information content (AvgIpc) is 3.22. The Kier molecular flexibility index (Phi) is 5.56. The summed E-state index contributed by atoms with van der Waals surface area (Å²) in [5, 5.41) is 0. The van der Waals surface area contributed by atoms with Gasteiger partial charge in [-0.1, -0.05) is 12.1 Å². The van der Waals surface area contributed by atoms with Gasteiger partial charge in [0.15, 0.2) is 0 Å². The molecule has 0 radical (unpaired) electrons. The molecule has 0 atom stereocenters. The van der Waals surface area contributed by atoms with Crippen molar-refractivity contribution < 1.29 is 14.3 Å². The van der Waals surface area contributed by atoms with Gasteiger partial charge in [0.05, 0.1) is 36.1 Å². The number of para-hydroxylation sites is 2. The third-order valence-electron chi connectivity index (χ3n) is 5.13. The highest BCUT2D eigenvalue weighted by atomic mass is 16.5. The predicted octanol–water partition coefficient (Wildman–Crippen LogP) is 2.74. The first-order valence-electron chi connectivity index (χ1n) is 9.90. The molecule has 30 heavy (non-hydrogen) atoms. The van der Waals surface area contributed by atoms with Crippen molar-refractivity contribution in [3.8, 4) is 0 Å². The molecule has 154 valence electrons. The monoisotopic (exact) mass is 405 g/mol. The molecule has 8 heteroatoms. The number of benzene rings is 1. The minimum Gasteiger partial charge on any atom is -0.466 e. The van der Waals surface area contributed by atoms with Gasteiger partial charge in [-0.25, -0.2) is 4.98 Å². The number of pyridine rings is 1. The normalized spacial score (nSPS) is 14.5. The van der Waals surface area contributed by atoms with E-state index in [4.69, 9.17) is 9.72 Å². The number of hydrogen-bond acceptors (Lipinski definition) is 6. The highest BCUT2D eigenvalue weighted by Crippen LogP contribution is 2.30. The quantitative estimate of drug-likeness (QED) is 0.445. The number of aromatic nitrogens is 3. The Balaban J connectivity index is 1.61. The Hall–Kier alpha value is -3.55. The van der Waals surface area contributed by atoms with Gasteiger partial charge in [-0.05, 0) is 31.0 Å². The van der Waals surface area contributed by atoms with Crippen molar-refractivity contribution in [2.75, 3.05) is 18.6 Å². The van der Waals surface area contributed by atoms with E-state index in [-0.39, 0.29) is 11.9 Å². The lowest BCUT2D eigenvalue weighted by Crippen LogP contribution is -2.31. The molecule has 3 heterocycles. The molecule has 3 aromatic rings. The molecule has 8 nitrogen and oxygen atoms in total. The van der Waals surface area contributed by atoms with Gasteiger partial charge in [0.1, 0.15) is 11.5 Å². The number of aliphatic imine (C=N–C) groups is 1. The van der Waals surface area contributed by atoms with Gasteiger partial charge in [0.25, 0.3) is 5.91 Å². The molecular formula is C22H23N5O3. The third-order valence-corrected chi connectivity index (χ3v) is 5.13. The summed E-state index contributed by atoms with van der Waals surface area (Å²) in [6.07, 6.45) is 4.94. The summed E-state index contributed by atoms with van der Waals surface area (Å²) in [5.74, 6) is 0.384. The molecule has 1 aliphatic heterocycles. The SMILES string of the molecule is CN=C1C(=O)N(Cc2nc3ccccc3n2CCCCOC(C)=O)c2cnccc21. The van der Waals surface area contributed by atoms with Crippen LogP contribution < -0.4 is 4.90 Å². The van der Waals surface area contributed by atoms with Crippen LogP contribution in [-0.4, -0.2) is 45.8 Å². The van der Waals surface area contributed by atoms with Crippen LogP contribution in [0.3, 0.4) is 0 Å². The number of nitrogens with zero attached hydrogens (tertiary/aromatic N) is 5. The molecule has 0 N–H and O–H groups in total. The number of rotatable bonds is 7. The van der Waals surface area contributed by atoms with Crippen LogP contribution in [0.4, 0.5) is 5.69 Å². The number of anilines is 1. The standard InChI is InChI=1S/C22H23N5O3/c1-15(28)30-12-6-5-11-26-18-8-4-3-7-17(18)25-20(26)14-27-19-13-24-10-9-16(19)21(23-2)22(27)29/h3-4,7-10,13H,5-6,11-12,14H2,1-2H3. The minimum absolute atomic E-state index is 0.144. The van der Waals surface area contributed by atoms with Crippen LogP contribution in [0.15, 0.2) is 47.7 Å². The summed E-state index contributed by atoms with van der Waals surface area (Å²) in [4.78, 5) is 38.8. The zero-order valence-electron chi connectivity index (χ0n) is 17.0. The second-order valence-electron chi connectivity index (χ2n) is 7.07. The molecule has 0 aliphatic carbocycles. The topological polar surface area (TPSA) is 89.7 Å². The third kappa shape index (κ3) is 3.68. The molecule has 0 unspecified atom stereocenters. The van der Waals surface area contributed by atoms with E-state index < -0.39 is 0 Å². The molecule has 0 fully saturated rings. The van der Waals surface area contributed by atoms with Crippen LogP contribution in [0.2, 0.25) is 0 Å². The zero-order valence-corrected chi connectivity index (χ0v) is 17.0. The number of aryl methyl sites for hydroxylation is 1. The lowest BCUT2D eigenvalue weighted by molar-refractivity contribution is -0.141. The van der Waals surface area contributed by atoms with Crippen LogP contribution in [-0.2, 0) is 27.4 Å². The summed E-state index contributed by atoms with van der Waals surface area (Å²) in [5.41, 5.74) is 3.88. The van der Waals surface area contributed by atoms with Gasteiger partial charge in [0.2, 0.25) is 0 Å². The fourth-order valence-electron chi connectivity index (χ4n) is 3.75. The Morgan fingerprint density at radius 1 is 1.20 bits per heavy atom. The number of amides is 1. The molecule has 0 spiro atoms.